The topological polar surface area (TPSA) is 72.3 Å². The van der Waals surface area contributed by atoms with Gasteiger partial charge in [0, 0.05) is 12.1 Å². The Hall–Kier alpha value is -0.120. The van der Waals surface area contributed by atoms with Gasteiger partial charge in [-0.2, -0.15) is 0 Å². The van der Waals surface area contributed by atoms with E-state index in [-0.39, 0.29) is 18.2 Å². The molecular formula is C5H12N2O. The fourth-order valence-electron chi connectivity index (χ4n) is 1.03. The maximum Gasteiger partial charge on any atom is 0.0706 e. The number of aliphatic hydroxyl groups is 1. The van der Waals surface area contributed by atoms with Crippen LogP contribution in [0, 0.1) is 0 Å². The Morgan fingerprint density at radius 1 is 1.25 bits per heavy atom. The summed E-state index contributed by atoms with van der Waals surface area (Å²) in [7, 11) is 0. The van der Waals surface area contributed by atoms with Gasteiger partial charge in [0.05, 0.1) is 6.10 Å². The highest BCUT2D eigenvalue weighted by atomic mass is 16.3. The second kappa shape index (κ2) is 2.01. The van der Waals surface area contributed by atoms with Crippen molar-refractivity contribution in [3.63, 3.8) is 0 Å². The second-order valence-electron chi connectivity index (χ2n) is 2.39. The first-order chi connectivity index (χ1) is 3.72. The van der Waals surface area contributed by atoms with Gasteiger partial charge in [-0.3, -0.25) is 0 Å². The smallest absolute Gasteiger partial charge is 0.0706 e. The fourth-order valence-corrected chi connectivity index (χ4v) is 1.03. The normalized spacial score (nSPS) is 47.6. The number of aliphatic hydroxyl groups excluding tert-OH is 1. The summed E-state index contributed by atoms with van der Waals surface area (Å²) in [6, 6.07) is -0.167. The van der Waals surface area contributed by atoms with E-state index >= 15 is 0 Å². The fraction of sp³-hybridized carbons (Fsp3) is 1.00. The molecule has 5 N–H and O–H groups in total. The molecule has 0 aromatic heterocycles. The van der Waals surface area contributed by atoms with Gasteiger partial charge in [-0.15, -0.1) is 0 Å². The van der Waals surface area contributed by atoms with Gasteiger partial charge in [0.25, 0.3) is 0 Å². The molecule has 3 unspecified atom stereocenters. The lowest BCUT2D eigenvalue weighted by molar-refractivity contribution is 0.162. The third-order valence-corrected chi connectivity index (χ3v) is 1.73. The third kappa shape index (κ3) is 0.844. The van der Waals surface area contributed by atoms with Crippen molar-refractivity contribution in [2.45, 2.75) is 31.0 Å². The van der Waals surface area contributed by atoms with Gasteiger partial charge in [0.1, 0.15) is 0 Å². The highest BCUT2D eigenvalue weighted by molar-refractivity contribution is 4.89. The predicted octanol–water partition coefficient (Wildman–Crippen LogP) is -1.20. The molecule has 1 aliphatic rings. The zero-order valence-corrected chi connectivity index (χ0v) is 4.75. The van der Waals surface area contributed by atoms with Gasteiger partial charge < -0.3 is 16.6 Å². The lowest BCUT2D eigenvalue weighted by Gasteiger charge is -2.11. The van der Waals surface area contributed by atoms with Crippen LogP contribution in [-0.2, 0) is 0 Å². The maximum absolute atomic E-state index is 8.96. The quantitative estimate of drug-likeness (QED) is 0.372. The average Bonchev–Trinajstić information content (AvgIpc) is 1.98. The minimum absolute atomic E-state index is 0.0185. The van der Waals surface area contributed by atoms with Crippen molar-refractivity contribution >= 4 is 0 Å². The van der Waals surface area contributed by atoms with E-state index in [0.717, 1.165) is 12.8 Å². The van der Waals surface area contributed by atoms with E-state index in [1.54, 1.807) is 0 Å². The van der Waals surface area contributed by atoms with E-state index < -0.39 is 0 Å². The van der Waals surface area contributed by atoms with Gasteiger partial charge in [0.2, 0.25) is 0 Å². The first-order valence-electron chi connectivity index (χ1n) is 2.91. The molecule has 0 aromatic carbocycles. The van der Waals surface area contributed by atoms with Crippen LogP contribution in [0.5, 0.6) is 0 Å². The molecule has 0 bridgehead atoms. The molecule has 0 spiro atoms. The minimum atomic E-state index is -0.356. The zero-order chi connectivity index (χ0) is 6.15. The summed E-state index contributed by atoms with van der Waals surface area (Å²) in [4.78, 5) is 0. The summed E-state index contributed by atoms with van der Waals surface area (Å²) in [6.07, 6.45) is 1.27. The van der Waals surface area contributed by atoms with E-state index in [9.17, 15) is 0 Å². The lowest BCUT2D eigenvalue weighted by atomic mass is 10.2. The number of hydrogen-bond donors (Lipinski definition) is 3. The Balaban J connectivity index is 2.44. The van der Waals surface area contributed by atoms with Crippen molar-refractivity contribution < 1.29 is 5.11 Å². The minimum Gasteiger partial charge on any atom is -0.391 e. The highest BCUT2D eigenvalue weighted by Crippen LogP contribution is 2.15. The van der Waals surface area contributed by atoms with Crippen LogP contribution in [0.1, 0.15) is 12.8 Å². The van der Waals surface area contributed by atoms with Crippen LogP contribution in [-0.4, -0.2) is 23.3 Å². The van der Waals surface area contributed by atoms with Crippen molar-refractivity contribution in [3.8, 4) is 0 Å². The molecule has 1 rings (SSSR count). The monoisotopic (exact) mass is 116 g/mol. The van der Waals surface area contributed by atoms with Crippen LogP contribution in [0.15, 0.2) is 0 Å². The van der Waals surface area contributed by atoms with Crippen LogP contribution in [0.25, 0.3) is 0 Å². The third-order valence-electron chi connectivity index (χ3n) is 1.73. The SMILES string of the molecule is NC1CCC(O)C1N. The van der Waals surface area contributed by atoms with Crippen molar-refractivity contribution in [2.24, 2.45) is 11.5 Å². The highest BCUT2D eigenvalue weighted by Gasteiger charge is 2.28. The van der Waals surface area contributed by atoms with Crippen molar-refractivity contribution in [3.05, 3.63) is 0 Å². The molecule has 0 radical (unpaired) electrons. The Morgan fingerprint density at radius 2 is 1.88 bits per heavy atom. The van der Waals surface area contributed by atoms with Crippen molar-refractivity contribution in [2.75, 3.05) is 0 Å². The number of rotatable bonds is 0. The molecule has 0 saturated heterocycles. The number of hydrogen-bond acceptors (Lipinski definition) is 3. The van der Waals surface area contributed by atoms with Gasteiger partial charge >= 0.3 is 0 Å². The van der Waals surface area contributed by atoms with Gasteiger partial charge in [-0.1, -0.05) is 0 Å². The Bertz CT molecular complexity index is 76.5. The van der Waals surface area contributed by atoms with Crippen LogP contribution >= 0.6 is 0 Å². The molecule has 0 amide bonds. The Kier molecular flexibility index (Phi) is 1.51. The summed E-state index contributed by atoms with van der Waals surface area (Å²) in [6.45, 7) is 0. The van der Waals surface area contributed by atoms with Crippen molar-refractivity contribution in [1.82, 2.24) is 0 Å². The zero-order valence-electron chi connectivity index (χ0n) is 4.75. The Labute approximate surface area is 48.7 Å². The van der Waals surface area contributed by atoms with E-state index in [2.05, 4.69) is 0 Å². The molecule has 0 aromatic rings. The molecule has 48 valence electrons. The Morgan fingerprint density at radius 3 is 2.00 bits per heavy atom. The summed E-state index contributed by atoms with van der Waals surface area (Å²) < 4.78 is 0. The molecule has 3 heteroatoms. The van der Waals surface area contributed by atoms with Crippen LogP contribution in [0.4, 0.5) is 0 Å². The molecule has 3 nitrogen and oxygen atoms in total. The molecule has 1 fully saturated rings. The molecule has 0 aliphatic heterocycles. The first-order valence-corrected chi connectivity index (χ1v) is 2.91. The standard InChI is InChI=1S/C5H12N2O/c6-3-1-2-4(8)5(3)7/h3-5,8H,1-2,6-7H2. The van der Waals surface area contributed by atoms with E-state index in [1.165, 1.54) is 0 Å². The first kappa shape index (κ1) is 6.01. The van der Waals surface area contributed by atoms with Gasteiger partial charge in [0.15, 0.2) is 0 Å². The molecule has 1 aliphatic carbocycles. The van der Waals surface area contributed by atoms with E-state index in [4.69, 9.17) is 16.6 Å². The molecule has 3 atom stereocenters. The second-order valence-corrected chi connectivity index (χ2v) is 2.39. The van der Waals surface area contributed by atoms with E-state index in [1.807, 2.05) is 0 Å². The summed E-state index contributed by atoms with van der Waals surface area (Å²) >= 11 is 0. The van der Waals surface area contributed by atoms with Crippen LogP contribution in [0.3, 0.4) is 0 Å². The van der Waals surface area contributed by atoms with Gasteiger partial charge in [-0.25, -0.2) is 0 Å². The molecular weight excluding hydrogens is 104 g/mol. The van der Waals surface area contributed by atoms with E-state index in [0.29, 0.717) is 0 Å². The number of nitrogens with two attached hydrogens (primary N) is 2. The molecule has 8 heavy (non-hydrogen) atoms. The average molecular weight is 116 g/mol. The lowest BCUT2D eigenvalue weighted by Crippen LogP contribution is -2.42. The summed E-state index contributed by atoms with van der Waals surface area (Å²) in [5.74, 6) is 0. The van der Waals surface area contributed by atoms with Gasteiger partial charge in [-0.05, 0) is 12.8 Å². The summed E-state index contributed by atoms with van der Waals surface area (Å²) in [5, 5.41) is 8.96. The van der Waals surface area contributed by atoms with Crippen LogP contribution < -0.4 is 11.5 Å². The van der Waals surface area contributed by atoms with Crippen LogP contribution in [0.2, 0.25) is 0 Å². The predicted molar refractivity (Wildman–Crippen MR) is 31.2 cm³/mol. The summed E-state index contributed by atoms with van der Waals surface area (Å²) in [5.41, 5.74) is 10.9. The largest absolute Gasteiger partial charge is 0.391 e. The van der Waals surface area contributed by atoms with Crippen molar-refractivity contribution in [1.29, 1.82) is 0 Å². The molecule has 1 saturated carbocycles. The molecule has 0 heterocycles. The maximum atomic E-state index is 8.96.